The maximum Gasteiger partial charge on any atom is 0.413 e. The third kappa shape index (κ3) is 6.81. The second kappa shape index (κ2) is 12.2. The highest BCUT2D eigenvalue weighted by molar-refractivity contribution is 5.97. The number of benzene rings is 1. The third-order valence-corrected chi connectivity index (χ3v) is 5.45. The lowest BCUT2D eigenvalue weighted by molar-refractivity contribution is -0.141. The van der Waals surface area contributed by atoms with Crippen LogP contribution in [0, 0.1) is 5.92 Å². The quantitative estimate of drug-likeness (QED) is 0.425. The molecule has 0 aliphatic carbocycles. The fraction of sp³-hybridized carbons (Fsp3) is 0.545. The first-order chi connectivity index (χ1) is 16.4. The zero-order valence-corrected chi connectivity index (χ0v) is 19.4. The molecular weight excluding hydrogens is 446 g/mol. The fourth-order valence-electron chi connectivity index (χ4n) is 3.71. The van der Waals surface area contributed by atoms with Gasteiger partial charge in [0.2, 0.25) is 11.9 Å². The number of guanidine groups is 1. The van der Waals surface area contributed by atoms with E-state index < -0.39 is 23.9 Å². The molecule has 0 bridgehead atoms. The summed E-state index contributed by atoms with van der Waals surface area (Å²) in [5.74, 6) is -0.638. The van der Waals surface area contributed by atoms with Crippen LogP contribution in [0.3, 0.4) is 0 Å². The van der Waals surface area contributed by atoms with Gasteiger partial charge in [-0.2, -0.15) is 0 Å². The lowest BCUT2D eigenvalue weighted by Crippen LogP contribution is -2.47. The van der Waals surface area contributed by atoms with Gasteiger partial charge in [-0.25, -0.2) is 9.79 Å². The Bertz CT molecular complexity index is 917. The van der Waals surface area contributed by atoms with Crippen LogP contribution in [0.1, 0.15) is 18.9 Å². The van der Waals surface area contributed by atoms with Crippen LogP contribution in [0.2, 0.25) is 0 Å². The first-order valence-electron chi connectivity index (χ1n) is 11.1. The molecule has 0 saturated carbocycles. The summed E-state index contributed by atoms with van der Waals surface area (Å²) in [6.45, 7) is 4.23. The molecule has 186 valence electrons. The van der Waals surface area contributed by atoms with Crippen LogP contribution in [0.5, 0.6) is 5.75 Å². The van der Waals surface area contributed by atoms with Gasteiger partial charge in [0.15, 0.2) is 0 Å². The number of carbonyl (C=O) groups is 3. The van der Waals surface area contributed by atoms with Gasteiger partial charge in [-0.05, 0) is 25.0 Å². The molecule has 3 rings (SSSR count). The third-order valence-electron chi connectivity index (χ3n) is 5.45. The predicted molar refractivity (Wildman–Crippen MR) is 122 cm³/mol. The molecule has 1 saturated heterocycles. The highest BCUT2D eigenvalue weighted by Gasteiger charge is 2.29. The zero-order valence-electron chi connectivity index (χ0n) is 19.4. The van der Waals surface area contributed by atoms with Crippen molar-refractivity contribution in [2.24, 2.45) is 16.6 Å². The standard InChI is InChI=1S/C22H31N5O7/c1-3-32-22(30)26-21-25-17-10-15(5-4-14(17)12-27(21)13-19(28)31-2)33-8-6-16(20(23)29)18-11-24-7-9-34-18/h4-5,10,16,18,24H,3,6-9,11-13H2,1-2H3,(H2,23,29)(H,25,26,30). The molecule has 2 unspecified atom stereocenters. The first-order valence-corrected chi connectivity index (χ1v) is 11.1. The van der Waals surface area contributed by atoms with Crippen molar-refractivity contribution < 1.29 is 33.3 Å². The summed E-state index contributed by atoms with van der Waals surface area (Å²) in [6, 6.07) is 5.35. The normalized spacial score (nSPS) is 18.2. The number of fused-ring (bicyclic) bond motifs is 1. The molecule has 2 heterocycles. The lowest BCUT2D eigenvalue weighted by Gasteiger charge is -2.30. The number of alkyl carbamates (subject to hydrolysis) is 1. The van der Waals surface area contributed by atoms with E-state index in [0.29, 0.717) is 37.6 Å². The second-order valence-corrected chi connectivity index (χ2v) is 7.76. The summed E-state index contributed by atoms with van der Waals surface area (Å²) < 4.78 is 21.2. The second-order valence-electron chi connectivity index (χ2n) is 7.76. The van der Waals surface area contributed by atoms with Crippen molar-refractivity contribution in [1.29, 1.82) is 0 Å². The van der Waals surface area contributed by atoms with Gasteiger partial charge in [0.25, 0.3) is 0 Å². The number of amides is 2. The van der Waals surface area contributed by atoms with Crippen LogP contribution >= 0.6 is 0 Å². The number of methoxy groups -OCH3 is 1. The van der Waals surface area contributed by atoms with Gasteiger partial charge in [0, 0.05) is 25.7 Å². The zero-order chi connectivity index (χ0) is 24.5. The number of nitrogens with zero attached hydrogens (tertiary/aromatic N) is 2. The van der Waals surface area contributed by atoms with E-state index in [1.54, 1.807) is 24.0 Å². The number of aliphatic imine (C=N–C) groups is 1. The summed E-state index contributed by atoms with van der Waals surface area (Å²) in [6.07, 6.45) is -0.547. The van der Waals surface area contributed by atoms with Crippen LogP contribution in [-0.4, -0.2) is 81.5 Å². The average Bonchev–Trinajstić information content (AvgIpc) is 2.82. The summed E-state index contributed by atoms with van der Waals surface area (Å²) in [4.78, 5) is 41.7. The number of rotatable bonds is 9. The van der Waals surface area contributed by atoms with Crippen LogP contribution < -0.4 is 21.1 Å². The minimum Gasteiger partial charge on any atom is -0.493 e. The van der Waals surface area contributed by atoms with E-state index in [-0.39, 0.29) is 31.8 Å². The van der Waals surface area contributed by atoms with E-state index in [1.807, 2.05) is 6.07 Å². The molecule has 0 radical (unpaired) electrons. The number of morpholine rings is 1. The smallest absolute Gasteiger partial charge is 0.413 e. The van der Waals surface area contributed by atoms with Gasteiger partial charge in [-0.1, -0.05) is 6.07 Å². The number of nitrogens with one attached hydrogen (secondary N) is 2. The van der Waals surface area contributed by atoms with Gasteiger partial charge in [0.1, 0.15) is 12.3 Å². The van der Waals surface area contributed by atoms with Gasteiger partial charge < -0.3 is 34.9 Å². The van der Waals surface area contributed by atoms with Gasteiger partial charge in [-0.15, -0.1) is 0 Å². The van der Waals surface area contributed by atoms with Gasteiger partial charge in [-0.3, -0.25) is 14.9 Å². The van der Waals surface area contributed by atoms with Crippen molar-refractivity contribution in [3.05, 3.63) is 23.8 Å². The number of hydrogen-bond donors (Lipinski definition) is 3. The molecule has 2 atom stereocenters. The molecule has 4 N–H and O–H groups in total. The Kier molecular flexibility index (Phi) is 9.05. The largest absolute Gasteiger partial charge is 0.493 e. The summed E-state index contributed by atoms with van der Waals surface area (Å²) in [7, 11) is 1.29. The first kappa shape index (κ1) is 25.2. The number of primary amides is 1. The minimum atomic E-state index is -0.677. The fourth-order valence-corrected chi connectivity index (χ4v) is 3.71. The highest BCUT2D eigenvalue weighted by atomic mass is 16.5. The van der Waals surface area contributed by atoms with Gasteiger partial charge in [0.05, 0.1) is 44.6 Å². The maximum absolute atomic E-state index is 11.9. The topological polar surface area (TPSA) is 154 Å². The number of nitrogens with two attached hydrogens (primary N) is 1. The molecule has 0 aromatic heterocycles. The highest BCUT2D eigenvalue weighted by Crippen LogP contribution is 2.30. The Balaban J connectivity index is 1.68. The molecule has 1 aromatic rings. The molecular formula is C22H31N5O7. The Hall–Kier alpha value is -3.38. The molecule has 12 heteroatoms. The molecule has 1 aromatic carbocycles. The van der Waals surface area contributed by atoms with E-state index in [4.69, 9.17) is 24.7 Å². The van der Waals surface area contributed by atoms with Crippen molar-refractivity contribution in [1.82, 2.24) is 15.5 Å². The number of hydrogen-bond acceptors (Lipinski definition) is 10. The van der Waals surface area contributed by atoms with Crippen LogP contribution in [-0.2, 0) is 30.3 Å². The van der Waals surface area contributed by atoms with Crippen molar-refractivity contribution >= 4 is 29.6 Å². The maximum atomic E-state index is 11.9. The number of ether oxygens (including phenoxy) is 4. The molecule has 12 nitrogen and oxygen atoms in total. The lowest BCUT2D eigenvalue weighted by atomic mass is 9.97. The van der Waals surface area contributed by atoms with Crippen molar-refractivity contribution in [3.8, 4) is 5.75 Å². The van der Waals surface area contributed by atoms with Crippen molar-refractivity contribution in [2.75, 3.05) is 46.6 Å². The summed E-state index contributed by atoms with van der Waals surface area (Å²) >= 11 is 0. The monoisotopic (exact) mass is 477 g/mol. The summed E-state index contributed by atoms with van der Waals surface area (Å²) in [5.41, 5.74) is 6.99. The molecule has 0 spiro atoms. The van der Waals surface area contributed by atoms with Crippen LogP contribution in [0.25, 0.3) is 0 Å². The molecule has 2 aliphatic heterocycles. The van der Waals surface area contributed by atoms with E-state index in [0.717, 1.165) is 12.1 Å². The Labute approximate surface area is 197 Å². The van der Waals surface area contributed by atoms with E-state index >= 15 is 0 Å². The van der Waals surface area contributed by atoms with E-state index in [9.17, 15) is 14.4 Å². The van der Waals surface area contributed by atoms with Crippen LogP contribution in [0.15, 0.2) is 23.2 Å². The average molecular weight is 478 g/mol. The predicted octanol–water partition coefficient (Wildman–Crippen LogP) is 0.268. The van der Waals surface area contributed by atoms with Crippen molar-refractivity contribution in [2.45, 2.75) is 26.0 Å². The van der Waals surface area contributed by atoms with E-state index in [1.165, 1.54) is 7.11 Å². The number of carbonyl (C=O) groups excluding carboxylic acids is 3. The SMILES string of the molecule is CCOC(=O)NC1=Nc2cc(OCCC(C(N)=O)C3CNCCO3)ccc2CN1CC(=O)OC. The Morgan fingerprint density at radius 1 is 1.38 bits per heavy atom. The Morgan fingerprint density at radius 2 is 2.21 bits per heavy atom. The number of esters is 1. The van der Waals surface area contributed by atoms with Crippen molar-refractivity contribution in [3.63, 3.8) is 0 Å². The minimum absolute atomic E-state index is 0.0912. The molecule has 1 fully saturated rings. The molecule has 2 aliphatic rings. The summed E-state index contributed by atoms with van der Waals surface area (Å²) in [5, 5.41) is 5.76. The Morgan fingerprint density at radius 3 is 2.88 bits per heavy atom. The van der Waals surface area contributed by atoms with Crippen LogP contribution in [0.4, 0.5) is 10.5 Å². The molecule has 34 heavy (non-hydrogen) atoms. The van der Waals surface area contributed by atoms with E-state index in [2.05, 4.69) is 15.6 Å². The van der Waals surface area contributed by atoms with Gasteiger partial charge >= 0.3 is 12.1 Å². The molecule has 2 amide bonds.